The number of alkyl halides is 18. The first-order valence-corrected chi connectivity index (χ1v) is 11.6. The van der Waals surface area contributed by atoms with E-state index in [0.717, 1.165) is 0 Å². The highest BCUT2D eigenvalue weighted by molar-refractivity contribution is 5.84. The van der Waals surface area contributed by atoms with E-state index in [-0.39, 0.29) is 36.4 Å². The molecule has 0 bridgehead atoms. The third-order valence-electron chi connectivity index (χ3n) is 5.90. The van der Waals surface area contributed by atoms with E-state index in [1.165, 1.54) is 0 Å². The molecule has 0 fully saturated rings. The third-order valence-corrected chi connectivity index (χ3v) is 5.90. The molecule has 0 aliphatic rings. The topological polar surface area (TPSA) is 26.3 Å². The van der Waals surface area contributed by atoms with E-state index in [4.69, 9.17) is 0 Å². The normalized spacial score (nSPS) is 13.7. The van der Waals surface area contributed by atoms with Crippen molar-refractivity contribution in [3.63, 3.8) is 0 Å². The maximum atomic E-state index is 13.5. The second kappa shape index (κ2) is 11.6. The molecule has 0 heterocycles. The fourth-order valence-corrected chi connectivity index (χ4v) is 3.92. The van der Waals surface area contributed by atoms with Gasteiger partial charge in [0.25, 0.3) is 0 Å². The van der Waals surface area contributed by atoms with Crippen molar-refractivity contribution in [2.24, 2.45) is 0 Å². The van der Waals surface area contributed by atoms with Crippen LogP contribution in [-0.2, 0) is 41.9 Å². The molecule has 0 atom stereocenters. The van der Waals surface area contributed by atoms with Gasteiger partial charge in [0.05, 0.1) is 33.4 Å². The molecule has 20 heteroatoms. The zero-order valence-corrected chi connectivity index (χ0v) is 21.4. The van der Waals surface area contributed by atoms with E-state index in [1.54, 1.807) is 0 Å². The third kappa shape index (κ3) is 8.56. The molecule has 252 valence electrons. The van der Waals surface area contributed by atoms with Gasteiger partial charge in [-0.25, -0.2) is 0 Å². The van der Waals surface area contributed by atoms with Crippen molar-refractivity contribution >= 4 is 5.97 Å². The monoisotopic (exact) mass is 696 g/mol. The van der Waals surface area contributed by atoms with E-state index in [9.17, 15) is 83.8 Å². The number of esters is 1. The highest BCUT2D eigenvalue weighted by Gasteiger charge is 2.42. The lowest BCUT2D eigenvalue weighted by atomic mass is 9.86. The Balaban J connectivity index is 2.41. The standard InChI is InChI=1S/C26H10F18O2/c27-21(28,29)12-1-10(2-13(5-12)22(30,31)32)19(11-3-14(23(33,34)35)6-15(4-11)24(36,37)38)20(45)46-18-8-16(25(39,40)41)7-17(9-18)26(42,43)44/h1-9,19H. The van der Waals surface area contributed by atoms with E-state index < -0.39 is 117 Å². The average Bonchev–Trinajstić information content (AvgIpc) is 2.85. The predicted molar refractivity (Wildman–Crippen MR) is 117 cm³/mol. The van der Waals surface area contributed by atoms with Crippen molar-refractivity contribution in [2.45, 2.75) is 43.0 Å². The fourth-order valence-electron chi connectivity index (χ4n) is 3.92. The summed E-state index contributed by atoms with van der Waals surface area (Å²) in [5.41, 5.74) is -16.5. The Labute approximate surface area is 243 Å². The molecule has 0 spiro atoms. The average molecular weight is 696 g/mol. The molecule has 46 heavy (non-hydrogen) atoms. The lowest BCUT2D eigenvalue weighted by Crippen LogP contribution is -2.24. The van der Waals surface area contributed by atoms with Gasteiger partial charge in [-0.3, -0.25) is 4.79 Å². The molecule has 0 aliphatic carbocycles. The fraction of sp³-hybridized carbons (Fsp3) is 0.269. The largest absolute Gasteiger partial charge is 0.426 e. The quantitative estimate of drug-likeness (QED) is 0.154. The van der Waals surface area contributed by atoms with Crippen LogP contribution in [0.1, 0.15) is 50.4 Å². The molecule has 0 unspecified atom stereocenters. The van der Waals surface area contributed by atoms with Gasteiger partial charge >= 0.3 is 43.0 Å². The summed E-state index contributed by atoms with van der Waals surface area (Å²) in [7, 11) is 0. The first-order valence-electron chi connectivity index (χ1n) is 11.6. The van der Waals surface area contributed by atoms with Gasteiger partial charge < -0.3 is 4.74 Å². The smallest absolute Gasteiger partial charge is 0.416 e. The molecule has 0 N–H and O–H groups in total. The summed E-state index contributed by atoms with van der Waals surface area (Å²) in [5.74, 6) is -7.33. The molecule has 2 nitrogen and oxygen atoms in total. The number of hydrogen-bond acceptors (Lipinski definition) is 2. The predicted octanol–water partition coefficient (Wildman–Crippen LogP) is 10.5. The number of hydrogen-bond donors (Lipinski definition) is 0. The molecular formula is C26H10F18O2. The van der Waals surface area contributed by atoms with Crippen LogP contribution in [0.4, 0.5) is 79.0 Å². The van der Waals surface area contributed by atoms with Gasteiger partial charge in [-0.2, -0.15) is 79.0 Å². The lowest BCUT2D eigenvalue weighted by Gasteiger charge is -2.23. The highest BCUT2D eigenvalue weighted by atomic mass is 19.4. The highest BCUT2D eigenvalue weighted by Crippen LogP contribution is 2.44. The lowest BCUT2D eigenvalue weighted by molar-refractivity contribution is -0.145. The molecule has 0 aliphatic heterocycles. The van der Waals surface area contributed by atoms with Gasteiger partial charge in [0.1, 0.15) is 11.7 Å². The molecular weight excluding hydrogens is 686 g/mol. The van der Waals surface area contributed by atoms with Crippen molar-refractivity contribution < 1.29 is 88.6 Å². The molecule has 0 aromatic heterocycles. The minimum atomic E-state index is -5.70. The van der Waals surface area contributed by atoms with Crippen LogP contribution >= 0.6 is 0 Å². The first-order chi connectivity index (χ1) is 20.5. The molecule has 3 aromatic carbocycles. The van der Waals surface area contributed by atoms with Gasteiger partial charge in [-0.1, -0.05) is 0 Å². The van der Waals surface area contributed by atoms with Gasteiger partial charge in [0, 0.05) is 0 Å². The van der Waals surface area contributed by atoms with Crippen LogP contribution in [-0.4, -0.2) is 5.97 Å². The van der Waals surface area contributed by atoms with Crippen LogP contribution in [0.5, 0.6) is 5.75 Å². The molecule has 0 saturated carbocycles. The molecule has 0 amide bonds. The van der Waals surface area contributed by atoms with Crippen molar-refractivity contribution in [3.8, 4) is 5.75 Å². The number of rotatable bonds is 4. The Kier molecular flexibility index (Phi) is 9.16. The van der Waals surface area contributed by atoms with Crippen molar-refractivity contribution in [1.29, 1.82) is 0 Å². The minimum Gasteiger partial charge on any atom is -0.426 e. The summed E-state index contributed by atoms with van der Waals surface area (Å²) in [4.78, 5) is 13.2. The number of ether oxygens (including phenoxy) is 1. The second-order valence-electron chi connectivity index (χ2n) is 9.27. The summed E-state index contributed by atoms with van der Waals surface area (Å²) in [6, 6.07) is -3.35. The maximum Gasteiger partial charge on any atom is 0.416 e. The van der Waals surface area contributed by atoms with Crippen molar-refractivity contribution in [1.82, 2.24) is 0 Å². The van der Waals surface area contributed by atoms with Gasteiger partial charge in [-0.15, -0.1) is 0 Å². The number of carbonyl (C=O) groups is 1. The Bertz CT molecular complexity index is 1430. The second-order valence-corrected chi connectivity index (χ2v) is 9.27. The van der Waals surface area contributed by atoms with E-state index >= 15 is 0 Å². The molecule has 0 radical (unpaired) electrons. The van der Waals surface area contributed by atoms with Crippen LogP contribution in [0, 0.1) is 0 Å². The number of halogens is 18. The Morgan fingerprint density at radius 2 is 0.609 bits per heavy atom. The number of carbonyl (C=O) groups excluding carboxylic acids is 1. The first kappa shape index (κ1) is 36.3. The van der Waals surface area contributed by atoms with Crippen LogP contribution in [0.3, 0.4) is 0 Å². The van der Waals surface area contributed by atoms with Gasteiger partial charge in [0.2, 0.25) is 0 Å². The van der Waals surface area contributed by atoms with Gasteiger partial charge in [-0.05, 0) is 65.7 Å². The SMILES string of the molecule is O=C(Oc1cc(C(F)(F)F)cc(C(F)(F)F)c1)C(c1cc(C(F)(F)F)cc(C(F)(F)F)c1)c1cc(C(F)(F)F)cc(C(F)(F)F)c1. The van der Waals surface area contributed by atoms with E-state index in [0.29, 0.717) is 0 Å². The molecule has 3 rings (SSSR count). The van der Waals surface area contributed by atoms with Crippen LogP contribution in [0.25, 0.3) is 0 Å². The van der Waals surface area contributed by atoms with Gasteiger partial charge in [0.15, 0.2) is 0 Å². The Morgan fingerprint density at radius 3 is 0.826 bits per heavy atom. The van der Waals surface area contributed by atoms with Crippen LogP contribution in [0.2, 0.25) is 0 Å². The van der Waals surface area contributed by atoms with Crippen LogP contribution < -0.4 is 4.74 Å². The van der Waals surface area contributed by atoms with E-state index in [2.05, 4.69) is 4.74 Å². The summed E-state index contributed by atoms with van der Waals surface area (Å²) >= 11 is 0. The number of benzene rings is 3. The van der Waals surface area contributed by atoms with Crippen LogP contribution in [0.15, 0.2) is 54.6 Å². The maximum absolute atomic E-state index is 13.5. The zero-order valence-electron chi connectivity index (χ0n) is 21.4. The Morgan fingerprint density at radius 1 is 0.391 bits per heavy atom. The van der Waals surface area contributed by atoms with Crippen molar-refractivity contribution in [3.05, 3.63) is 99.1 Å². The summed E-state index contributed by atoms with van der Waals surface area (Å²) in [6.07, 6.45) is -34.0. The van der Waals surface area contributed by atoms with E-state index in [1.807, 2.05) is 0 Å². The summed E-state index contributed by atoms with van der Waals surface area (Å²) in [5, 5.41) is 0. The summed E-state index contributed by atoms with van der Waals surface area (Å²) < 4.78 is 246. The Hall–Kier alpha value is -4.13. The summed E-state index contributed by atoms with van der Waals surface area (Å²) in [6.45, 7) is 0. The molecule has 0 saturated heterocycles. The molecule has 3 aromatic rings. The minimum absolute atomic E-state index is 0.287. The zero-order chi connectivity index (χ0) is 35.4. The van der Waals surface area contributed by atoms with Crippen molar-refractivity contribution in [2.75, 3.05) is 0 Å².